The molecular weight excluding hydrogens is 332 g/mol. The van der Waals surface area contributed by atoms with Crippen molar-refractivity contribution in [2.45, 2.75) is 32.6 Å². The number of nitro benzene ring substituents is 1. The maximum Gasteiger partial charge on any atom is 0.311 e. The van der Waals surface area contributed by atoms with Crippen LogP contribution in [0, 0.1) is 10.1 Å². The molecule has 1 amide bonds. The first-order valence-corrected chi connectivity index (χ1v) is 8.25. The van der Waals surface area contributed by atoms with Gasteiger partial charge in [-0.25, -0.2) is 0 Å². The van der Waals surface area contributed by atoms with Crippen molar-refractivity contribution in [3.8, 4) is 5.75 Å². The molecule has 1 aromatic carbocycles. The zero-order valence-corrected chi connectivity index (χ0v) is 14.4. The SMILES string of the molecule is CCC[C@H](C)c1nnc(NC(=O)c2ccc(OC)c([N+](=O)[O-])c2)s1. The van der Waals surface area contributed by atoms with Gasteiger partial charge in [0.2, 0.25) is 5.13 Å². The molecule has 0 saturated heterocycles. The van der Waals surface area contributed by atoms with Crippen LogP contribution in [0.15, 0.2) is 18.2 Å². The number of carbonyl (C=O) groups is 1. The average Bonchev–Trinajstić information content (AvgIpc) is 3.03. The van der Waals surface area contributed by atoms with Gasteiger partial charge in [-0.15, -0.1) is 10.2 Å². The number of hydrogen-bond acceptors (Lipinski definition) is 7. The van der Waals surface area contributed by atoms with Crippen molar-refractivity contribution in [2.75, 3.05) is 12.4 Å². The van der Waals surface area contributed by atoms with Crippen LogP contribution in [0.1, 0.15) is 48.0 Å². The summed E-state index contributed by atoms with van der Waals surface area (Å²) in [5.74, 6) is -0.102. The minimum atomic E-state index is -0.592. The molecule has 0 spiro atoms. The van der Waals surface area contributed by atoms with E-state index < -0.39 is 10.8 Å². The van der Waals surface area contributed by atoms with Crippen LogP contribution in [0.5, 0.6) is 5.75 Å². The lowest BCUT2D eigenvalue weighted by Gasteiger charge is -2.05. The Bertz CT molecular complexity index is 747. The fourth-order valence-electron chi connectivity index (χ4n) is 2.18. The summed E-state index contributed by atoms with van der Waals surface area (Å²) in [5, 5.41) is 22.9. The number of methoxy groups -OCH3 is 1. The van der Waals surface area contributed by atoms with E-state index >= 15 is 0 Å². The highest BCUT2D eigenvalue weighted by Gasteiger charge is 2.19. The summed E-state index contributed by atoms with van der Waals surface area (Å²) < 4.78 is 4.92. The number of amides is 1. The fourth-order valence-corrected chi connectivity index (χ4v) is 3.01. The van der Waals surface area contributed by atoms with Gasteiger partial charge in [-0.2, -0.15) is 0 Å². The summed E-state index contributed by atoms with van der Waals surface area (Å²) in [6, 6.07) is 4.03. The van der Waals surface area contributed by atoms with Crippen molar-refractivity contribution >= 4 is 28.1 Å². The standard InChI is InChI=1S/C15H18N4O4S/c1-4-5-9(2)14-17-18-15(24-14)16-13(20)10-6-7-12(23-3)11(8-10)19(21)22/h6-9H,4-5H2,1-3H3,(H,16,18,20)/t9-/m0/s1. The van der Waals surface area contributed by atoms with Gasteiger partial charge in [0, 0.05) is 17.5 Å². The summed E-state index contributed by atoms with van der Waals surface area (Å²) >= 11 is 1.31. The molecule has 0 saturated carbocycles. The minimum Gasteiger partial charge on any atom is -0.490 e. The Morgan fingerprint density at radius 2 is 2.21 bits per heavy atom. The molecule has 9 heteroatoms. The third kappa shape index (κ3) is 4.05. The van der Waals surface area contributed by atoms with Crippen molar-refractivity contribution in [3.63, 3.8) is 0 Å². The molecule has 128 valence electrons. The zero-order chi connectivity index (χ0) is 17.7. The Balaban J connectivity index is 2.15. The highest BCUT2D eigenvalue weighted by molar-refractivity contribution is 7.15. The van der Waals surface area contributed by atoms with Crippen molar-refractivity contribution in [2.24, 2.45) is 0 Å². The van der Waals surface area contributed by atoms with Crippen molar-refractivity contribution in [1.29, 1.82) is 0 Å². The average molecular weight is 350 g/mol. The molecule has 8 nitrogen and oxygen atoms in total. The molecule has 2 rings (SSSR count). The van der Waals surface area contributed by atoms with Crippen LogP contribution >= 0.6 is 11.3 Å². The van der Waals surface area contributed by atoms with E-state index in [1.807, 2.05) is 0 Å². The molecule has 0 aliphatic rings. The topological polar surface area (TPSA) is 107 Å². The highest BCUT2D eigenvalue weighted by atomic mass is 32.1. The van der Waals surface area contributed by atoms with E-state index in [2.05, 4.69) is 29.4 Å². The number of nitrogens with zero attached hydrogens (tertiary/aromatic N) is 3. The number of ether oxygens (including phenoxy) is 1. The van der Waals surface area contributed by atoms with Crippen molar-refractivity contribution in [1.82, 2.24) is 10.2 Å². The molecule has 0 fully saturated rings. The largest absolute Gasteiger partial charge is 0.490 e. The van der Waals surface area contributed by atoms with Crippen LogP contribution in [0.25, 0.3) is 0 Å². The summed E-state index contributed by atoms with van der Waals surface area (Å²) in [7, 11) is 1.34. The van der Waals surface area contributed by atoms with Gasteiger partial charge in [0.05, 0.1) is 12.0 Å². The Labute approximate surface area is 143 Å². The molecule has 1 N–H and O–H groups in total. The summed E-state index contributed by atoms with van der Waals surface area (Å²) in [4.78, 5) is 22.7. The second-order valence-corrected chi connectivity index (χ2v) is 6.24. The molecular formula is C15H18N4O4S. The van der Waals surface area contributed by atoms with Crippen molar-refractivity contribution in [3.05, 3.63) is 38.9 Å². The normalized spacial score (nSPS) is 11.8. The second kappa shape index (κ2) is 7.82. The number of benzene rings is 1. The number of rotatable bonds is 7. The first-order chi connectivity index (χ1) is 11.5. The summed E-state index contributed by atoms with van der Waals surface area (Å²) in [6.07, 6.45) is 2.03. The van der Waals surface area contributed by atoms with E-state index in [0.717, 1.165) is 17.8 Å². The van der Waals surface area contributed by atoms with Crippen LogP contribution < -0.4 is 10.1 Å². The van der Waals surface area contributed by atoms with Crippen LogP contribution in [0.2, 0.25) is 0 Å². The third-order valence-corrected chi connectivity index (χ3v) is 4.51. The number of nitrogens with one attached hydrogen (secondary N) is 1. The first-order valence-electron chi connectivity index (χ1n) is 7.43. The number of hydrogen-bond donors (Lipinski definition) is 1. The minimum absolute atomic E-state index is 0.100. The van der Waals surface area contributed by atoms with Crippen LogP contribution in [0.4, 0.5) is 10.8 Å². The summed E-state index contributed by atoms with van der Waals surface area (Å²) in [5.41, 5.74) is -0.111. The van der Waals surface area contributed by atoms with Gasteiger partial charge in [-0.3, -0.25) is 20.2 Å². The number of aromatic nitrogens is 2. The van der Waals surface area contributed by atoms with Gasteiger partial charge >= 0.3 is 5.69 Å². The van der Waals surface area contributed by atoms with E-state index in [1.54, 1.807) is 0 Å². The van der Waals surface area contributed by atoms with E-state index in [-0.39, 0.29) is 22.9 Å². The molecule has 0 aliphatic heterocycles. The smallest absolute Gasteiger partial charge is 0.311 e. The molecule has 1 atom stereocenters. The number of nitro groups is 1. The van der Waals surface area contributed by atoms with E-state index in [9.17, 15) is 14.9 Å². The van der Waals surface area contributed by atoms with Crippen LogP contribution in [-0.4, -0.2) is 28.1 Å². The fraction of sp³-hybridized carbons (Fsp3) is 0.400. The molecule has 0 unspecified atom stereocenters. The maximum atomic E-state index is 12.3. The maximum absolute atomic E-state index is 12.3. The molecule has 0 bridgehead atoms. The number of carbonyl (C=O) groups excluding carboxylic acids is 1. The van der Waals surface area contributed by atoms with Crippen LogP contribution in [0.3, 0.4) is 0 Å². The lowest BCUT2D eigenvalue weighted by atomic mass is 10.1. The Hall–Kier alpha value is -2.55. The van der Waals surface area contributed by atoms with E-state index in [4.69, 9.17) is 4.74 Å². The quantitative estimate of drug-likeness (QED) is 0.604. The van der Waals surface area contributed by atoms with Gasteiger partial charge < -0.3 is 4.74 Å². The van der Waals surface area contributed by atoms with Crippen molar-refractivity contribution < 1.29 is 14.5 Å². The predicted molar refractivity (Wildman–Crippen MR) is 90.8 cm³/mol. The van der Waals surface area contributed by atoms with E-state index in [1.165, 1.54) is 36.6 Å². The third-order valence-electron chi connectivity index (χ3n) is 3.44. The monoisotopic (exact) mass is 350 g/mol. The second-order valence-electron chi connectivity index (χ2n) is 5.23. The summed E-state index contributed by atoms with van der Waals surface area (Å²) in [6.45, 7) is 4.15. The molecule has 0 aliphatic carbocycles. The van der Waals surface area contributed by atoms with Gasteiger partial charge in [-0.1, -0.05) is 31.6 Å². The Morgan fingerprint density at radius 1 is 1.46 bits per heavy atom. The van der Waals surface area contributed by atoms with Gasteiger partial charge in [0.15, 0.2) is 5.75 Å². The molecule has 24 heavy (non-hydrogen) atoms. The first kappa shape index (κ1) is 17.8. The zero-order valence-electron chi connectivity index (χ0n) is 13.6. The molecule has 0 radical (unpaired) electrons. The molecule has 1 aromatic heterocycles. The molecule has 2 aromatic rings. The van der Waals surface area contributed by atoms with Gasteiger partial charge in [-0.05, 0) is 18.6 Å². The number of anilines is 1. The van der Waals surface area contributed by atoms with E-state index in [0.29, 0.717) is 5.13 Å². The van der Waals surface area contributed by atoms with Gasteiger partial charge in [0.1, 0.15) is 5.01 Å². The Kier molecular flexibility index (Phi) is 5.80. The van der Waals surface area contributed by atoms with Gasteiger partial charge in [0.25, 0.3) is 5.91 Å². The van der Waals surface area contributed by atoms with Crippen LogP contribution in [-0.2, 0) is 0 Å². The predicted octanol–water partition coefficient (Wildman–Crippen LogP) is 3.61. The lowest BCUT2D eigenvalue weighted by Crippen LogP contribution is -2.12. The Morgan fingerprint density at radius 3 is 2.83 bits per heavy atom. The lowest BCUT2D eigenvalue weighted by molar-refractivity contribution is -0.385. The highest BCUT2D eigenvalue weighted by Crippen LogP contribution is 2.29. The molecule has 1 heterocycles.